The van der Waals surface area contributed by atoms with Crippen LogP contribution < -0.4 is 5.32 Å². The molecule has 0 aliphatic rings. The maximum atomic E-state index is 12.2. The van der Waals surface area contributed by atoms with E-state index in [1.807, 2.05) is 47.3 Å². The number of ether oxygens (including phenoxy) is 1. The Hall–Kier alpha value is -2.60. The number of fused-ring (bicyclic) bond motifs is 1. The van der Waals surface area contributed by atoms with E-state index in [0.29, 0.717) is 19.3 Å². The molecule has 2 N–H and O–H groups in total. The van der Waals surface area contributed by atoms with Crippen LogP contribution in [0, 0.1) is 0 Å². The van der Waals surface area contributed by atoms with Crippen molar-refractivity contribution in [3.8, 4) is 0 Å². The van der Waals surface area contributed by atoms with Gasteiger partial charge in [0.2, 0.25) is 5.91 Å². The summed E-state index contributed by atoms with van der Waals surface area (Å²) in [7, 11) is 1.34. The molecule has 0 saturated heterocycles. The number of rotatable bonds is 7. The van der Waals surface area contributed by atoms with Crippen molar-refractivity contribution >= 4 is 34.1 Å². The number of hydrogen-bond donors (Lipinski definition) is 2. The summed E-state index contributed by atoms with van der Waals surface area (Å²) in [5.41, 5.74) is 3.11. The molecule has 1 amide bonds. The number of benzene rings is 1. The highest BCUT2D eigenvalue weighted by molar-refractivity contribution is 7.07. The van der Waals surface area contributed by atoms with Crippen molar-refractivity contribution in [2.45, 2.75) is 25.3 Å². The molecule has 3 rings (SSSR count). The molecule has 5 nitrogen and oxygen atoms in total. The van der Waals surface area contributed by atoms with Gasteiger partial charge in [-0.25, -0.2) is 4.79 Å². The van der Waals surface area contributed by atoms with Crippen LogP contribution in [0.5, 0.6) is 0 Å². The number of carbonyl (C=O) groups excluding carboxylic acids is 2. The number of H-pyrrole nitrogens is 1. The topological polar surface area (TPSA) is 71.2 Å². The van der Waals surface area contributed by atoms with Gasteiger partial charge in [-0.05, 0) is 40.4 Å². The third kappa shape index (κ3) is 4.28. The molecule has 1 unspecified atom stereocenters. The molecule has 0 saturated carbocycles. The SMILES string of the molecule is COC(=O)C(Cc1c[nH]c2ccccc12)NC(=O)CCc1ccsc1. The maximum Gasteiger partial charge on any atom is 0.328 e. The number of aryl methyl sites for hydroxylation is 1. The zero-order valence-corrected chi connectivity index (χ0v) is 14.8. The van der Waals surface area contributed by atoms with Crippen LogP contribution in [-0.4, -0.2) is 30.0 Å². The predicted octanol–water partition coefficient (Wildman–Crippen LogP) is 3.06. The molecular formula is C19H20N2O3S. The van der Waals surface area contributed by atoms with Crippen LogP contribution in [0.2, 0.25) is 0 Å². The van der Waals surface area contributed by atoms with E-state index in [0.717, 1.165) is 22.0 Å². The second kappa shape index (κ2) is 7.98. The van der Waals surface area contributed by atoms with E-state index in [-0.39, 0.29) is 5.91 Å². The van der Waals surface area contributed by atoms with Gasteiger partial charge in [0.1, 0.15) is 6.04 Å². The van der Waals surface area contributed by atoms with Crippen molar-refractivity contribution in [3.05, 3.63) is 58.4 Å². The zero-order chi connectivity index (χ0) is 17.6. The fraction of sp³-hybridized carbons (Fsp3) is 0.263. The van der Waals surface area contributed by atoms with Crippen molar-refractivity contribution in [2.75, 3.05) is 7.11 Å². The number of esters is 1. The van der Waals surface area contributed by atoms with Gasteiger partial charge in [0.05, 0.1) is 7.11 Å². The lowest BCUT2D eigenvalue weighted by Crippen LogP contribution is -2.43. The van der Waals surface area contributed by atoms with Crippen LogP contribution in [0.4, 0.5) is 0 Å². The molecule has 6 heteroatoms. The van der Waals surface area contributed by atoms with E-state index >= 15 is 0 Å². The first-order chi connectivity index (χ1) is 12.2. The van der Waals surface area contributed by atoms with E-state index in [2.05, 4.69) is 10.3 Å². The summed E-state index contributed by atoms with van der Waals surface area (Å²) in [5.74, 6) is -0.587. The van der Waals surface area contributed by atoms with Gasteiger partial charge in [-0.1, -0.05) is 18.2 Å². The van der Waals surface area contributed by atoms with Crippen LogP contribution in [0.3, 0.4) is 0 Å². The van der Waals surface area contributed by atoms with Crippen LogP contribution >= 0.6 is 11.3 Å². The Labute approximate surface area is 150 Å². The molecule has 2 heterocycles. The highest BCUT2D eigenvalue weighted by atomic mass is 32.1. The molecule has 0 aliphatic heterocycles. The molecule has 25 heavy (non-hydrogen) atoms. The second-order valence-electron chi connectivity index (χ2n) is 5.84. The Morgan fingerprint density at radius 2 is 2.12 bits per heavy atom. The number of hydrogen-bond acceptors (Lipinski definition) is 4. The Morgan fingerprint density at radius 3 is 2.88 bits per heavy atom. The summed E-state index contributed by atoms with van der Waals surface area (Å²) in [6.07, 6.45) is 3.27. The van der Waals surface area contributed by atoms with Gasteiger partial charge in [0.15, 0.2) is 0 Å². The number of aromatic amines is 1. The van der Waals surface area contributed by atoms with Gasteiger partial charge in [0.25, 0.3) is 0 Å². The highest BCUT2D eigenvalue weighted by Gasteiger charge is 2.23. The van der Waals surface area contributed by atoms with E-state index < -0.39 is 12.0 Å². The minimum Gasteiger partial charge on any atom is -0.467 e. The minimum absolute atomic E-state index is 0.151. The van der Waals surface area contributed by atoms with Crippen molar-refractivity contribution in [1.82, 2.24) is 10.3 Å². The molecule has 0 radical (unpaired) electrons. The number of nitrogens with one attached hydrogen (secondary N) is 2. The van der Waals surface area contributed by atoms with Gasteiger partial charge in [0, 0.05) is 29.9 Å². The molecule has 0 aliphatic carbocycles. The van der Waals surface area contributed by atoms with Crippen molar-refractivity contribution in [3.63, 3.8) is 0 Å². The Bertz CT molecular complexity index is 855. The quantitative estimate of drug-likeness (QED) is 0.639. The van der Waals surface area contributed by atoms with Gasteiger partial charge < -0.3 is 15.0 Å². The fourth-order valence-corrected chi connectivity index (χ4v) is 3.52. The van der Waals surface area contributed by atoms with Gasteiger partial charge in [-0.2, -0.15) is 11.3 Å². The molecule has 1 atom stereocenters. The predicted molar refractivity (Wildman–Crippen MR) is 98.6 cm³/mol. The standard InChI is InChI=1S/C19H20N2O3S/c1-24-19(23)17(21-18(22)7-6-13-8-9-25-12-13)10-14-11-20-16-5-3-2-4-15(14)16/h2-5,8-9,11-12,17,20H,6-7,10H2,1H3,(H,21,22). The smallest absolute Gasteiger partial charge is 0.328 e. The lowest BCUT2D eigenvalue weighted by atomic mass is 10.0. The summed E-state index contributed by atoms with van der Waals surface area (Å²) in [6, 6.07) is 9.18. The fourth-order valence-electron chi connectivity index (χ4n) is 2.82. The number of aromatic nitrogens is 1. The largest absolute Gasteiger partial charge is 0.467 e. The lowest BCUT2D eigenvalue weighted by molar-refractivity contribution is -0.145. The monoisotopic (exact) mass is 356 g/mol. The molecule has 2 aromatic heterocycles. The van der Waals surface area contributed by atoms with Crippen molar-refractivity contribution in [2.24, 2.45) is 0 Å². The molecule has 1 aromatic carbocycles. The van der Waals surface area contributed by atoms with Crippen molar-refractivity contribution in [1.29, 1.82) is 0 Å². The average Bonchev–Trinajstić information content (AvgIpc) is 3.29. The summed E-state index contributed by atoms with van der Waals surface area (Å²) in [4.78, 5) is 27.5. The number of para-hydroxylation sites is 1. The normalized spacial score (nSPS) is 12.0. The third-order valence-corrected chi connectivity index (χ3v) is 4.87. The van der Waals surface area contributed by atoms with Gasteiger partial charge in [-0.15, -0.1) is 0 Å². The third-order valence-electron chi connectivity index (χ3n) is 4.14. The number of carbonyl (C=O) groups is 2. The van der Waals surface area contributed by atoms with E-state index in [1.54, 1.807) is 11.3 Å². The Kier molecular flexibility index (Phi) is 5.50. The molecular weight excluding hydrogens is 336 g/mol. The molecule has 0 fully saturated rings. The van der Waals surface area contributed by atoms with Crippen LogP contribution in [0.25, 0.3) is 10.9 Å². The van der Waals surface area contributed by atoms with E-state index in [9.17, 15) is 9.59 Å². The van der Waals surface area contributed by atoms with Gasteiger partial charge in [-0.3, -0.25) is 4.79 Å². The maximum absolute atomic E-state index is 12.2. The zero-order valence-electron chi connectivity index (χ0n) is 14.0. The van der Waals surface area contributed by atoms with E-state index in [1.165, 1.54) is 7.11 Å². The molecule has 0 spiro atoms. The first-order valence-electron chi connectivity index (χ1n) is 8.10. The average molecular weight is 356 g/mol. The second-order valence-corrected chi connectivity index (χ2v) is 6.62. The lowest BCUT2D eigenvalue weighted by Gasteiger charge is -2.16. The van der Waals surface area contributed by atoms with Crippen LogP contribution in [-0.2, 0) is 27.2 Å². The van der Waals surface area contributed by atoms with Crippen LogP contribution in [0.15, 0.2) is 47.3 Å². The van der Waals surface area contributed by atoms with E-state index in [4.69, 9.17) is 4.74 Å². The van der Waals surface area contributed by atoms with Gasteiger partial charge >= 0.3 is 5.97 Å². The number of amides is 1. The molecule has 0 bridgehead atoms. The minimum atomic E-state index is -0.695. The highest BCUT2D eigenvalue weighted by Crippen LogP contribution is 2.19. The number of methoxy groups -OCH3 is 1. The molecule has 130 valence electrons. The summed E-state index contributed by atoms with van der Waals surface area (Å²) in [6.45, 7) is 0. The Balaban J connectivity index is 1.67. The summed E-state index contributed by atoms with van der Waals surface area (Å²) < 4.78 is 4.86. The summed E-state index contributed by atoms with van der Waals surface area (Å²) in [5, 5.41) is 7.87. The summed E-state index contributed by atoms with van der Waals surface area (Å²) >= 11 is 1.61. The number of thiophene rings is 1. The first-order valence-corrected chi connectivity index (χ1v) is 9.05. The Morgan fingerprint density at radius 1 is 1.28 bits per heavy atom. The van der Waals surface area contributed by atoms with Crippen molar-refractivity contribution < 1.29 is 14.3 Å². The molecule has 3 aromatic rings. The first kappa shape index (κ1) is 17.2. The van der Waals surface area contributed by atoms with Crippen LogP contribution in [0.1, 0.15) is 17.5 Å².